The van der Waals surface area contributed by atoms with Crippen LogP contribution in [0.25, 0.3) is 0 Å². The van der Waals surface area contributed by atoms with Crippen LogP contribution in [0, 0.1) is 18.8 Å². The zero-order chi connectivity index (χ0) is 12.0. The van der Waals surface area contributed by atoms with Crippen molar-refractivity contribution in [2.45, 2.75) is 33.2 Å². The maximum Gasteiger partial charge on any atom is 0.0442 e. The monoisotopic (exact) mass is 279 g/mol. The van der Waals surface area contributed by atoms with Gasteiger partial charge >= 0.3 is 0 Å². The van der Waals surface area contributed by atoms with E-state index in [1.54, 1.807) is 0 Å². The first-order chi connectivity index (χ1) is 7.70. The standard InChI is InChI=1S/C14H18BrN/c1-4-6-10-13(16-5-2)12-9-7-8-11(3)14(12)15/h7-9,13,16H,5,10H2,1-3H3. The van der Waals surface area contributed by atoms with Gasteiger partial charge in [0.2, 0.25) is 0 Å². The lowest BCUT2D eigenvalue weighted by atomic mass is 10.0. The van der Waals surface area contributed by atoms with Crippen LogP contribution in [0.5, 0.6) is 0 Å². The fraction of sp³-hybridized carbons (Fsp3) is 0.429. The van der Waals surface area contributed by atoms with Crippen LogP contribution >= 0.6 is 15.9 Å². The molecule has 1 N–H and O–H groups in total. The first kappa shape index (κ1) is 13.3. The average Bonchev–Trinajstić information content (AvgIpc) is 2.28. The van der Waals surface area contributed by atoms with Crippen molar-refractivity contribution in [3.63, 3.8) is 0 Å². The van der Waals surface area contributed by atoms with Crippen LogP contribution in [0.4, 0.5) is 0 Å². The fourth-order valence-electron chi connectivity index (χ4n) is 1.68. The second-order valence-electron chi connectivity index (χ2n) is 3.72. The van der Waals surface area contributed by atoms with Gasteiger partial charge in [-0.05, 0) is 31.5 Å². The Balaban J connectivity index is 2.98. The highest BCUT2D eigenvalue weighted by Crippen LogP contribution is 2.28. The van der Waals surface area contributed by atoms with E-state index in [1.165, 1.54) is 15.6 Å². The summed E-state index contributed by atoms with van der Waals surface area (Å²) in [6.07, 6.45) is 0.854. The normalized spacial score (nSPS) is 11.8. The van der Waals surface area contributed by atoms with Gasteiger partial charge in [-0.15, -0.1) is 11.8 Å². The molecule has 0 aliphatic rings. The molecule has 1 nitrogen and oxygen atoms in total. The molecular formula is C14H18BrN. The molecule has 0 amide bonds. The van der Waals surface area contributed by atoms with Crippen molar-refractivity contribution in [1.82, 2.24) is 5.32 Å². The molecule has 1 aromatic rings. The van der Waals surface area contributed by atoms with Gasteiger partial charge in [0.05, 0.1) is 0 Å². The minimum atomic E-state index is 0.312. The summed E-state index contributed by atoms with van der Waals surface area (Å²) in [4.78, 5) is 0. The summed E-state index contributed by atoms with van der Waals surface area (Å²) in [7, 11) is 0. The van der Waals surface area contributed by atoms with Crippen LogP contribution in [-0.2, 0) is 0 Å². The molecule has 86 valence electrons. The van der Waals surface area contributed by atoms with E-state index >= 15 is 0 Å². The molecule has 0 aliphatic heterocycles. The molecule has 0 bridgehead atoms. The minimum Gasteiger partial charge on any atom is -0.309 e. The van der Waals surface area contributed by atoms with Crippen molar-refractivity contribution in [3.8, 4) is 11.8 Å². The number of rotatable bonds is 4. The molecule has 0 radical (unpaired) electrons. The molecule has 0 heterocycles. The van der Waals surface area contributed by atoms with Crippen molar-refractivity contribution in [3.05, 3.63) is 33.8 Å². The lowest BCUT2D eigenvalue weighted by Gasteiger charge is -2.18. The lowest BCUT2D eigenvalue weighted by molar-refractivity contribution is 0.563. The first-order valence-electron chi connectivity index (χ1n) is 5.58. The Morgan fingerprint density at radius 1 is 1.44 bits per heavy atom. The van der Waals surface area contributed by atoms with Gasteiger partial charge in [0.25, 0.3) is 0 Å². The predicted octanol–water partition coefficient (Wildman–Crippen LogP) is 3.82. The Morgan fingerprint density at radius 3 is 2.81 bits per heavy atom. The van der Waals surface area contributed by atoms with E-state index in [9.17, 15) is 0 Å². The summed E-state index contributed by atoms with van der Waals surface area (Å²) in [5.74, 6) is 6.10. The average molecular weight is 280 g/mol. The summed E-state index contributed by atoms with van der Waals surface area (Å²) >= 11 is 3.65. The Labute approximate surface area is 107 Å². The Bertz CT molecular complexity index is 401. The summed E-state index contributed by atoms with van der Waals surface area (Å²) in [5, 5.41) is 3.47. The van der Waals surface area contributed by atoms with Crippen LogP contribution in [-0.4, -0.2) is 6.54 Å². The van der Waals surface area contributed by atoms with E-state index in [0.717, 1.165) is 13.0 Å². The van der Waals surface area contributed by atoms with E-state index in [-0.39, 0.29) is 0 Å². The van der Waals surface area contributed by atoms with E-state index in [1.807, 2.05) is 6.92 Å². The maximum atomic E-state index is 3.65. The smallest absolute Gasteiger partial charge is 0.0442 e. The second-order valence-corrected chi connectivity index (χ2v) is 4.51. The molecule has 1 atom stereocenters. The number of aryl methyl sites for hydroxylation is 1. The molecule has 0 saturated carbocycles. The molecule has 0 saturated heterocycles. The van der Waals surface area contributed by atoms with Crippen molar-refractivity contribution in [2.75, 3.05) is 6.54 Å². The second kappa shape index (κ2) is 6.73. The molecule has 2 heteroatoms. The number of hydrogen-bond acceptors (Lipinski definition) is 1. The van der Waals surface area contributed by atoms with E-state index in [2.05, 4.69) is 65.1 Å². The van der Waals surface area contributed by atoms with Gasteiger partial charge in [-0.3, -0.25) is 0 Å². The molecule has 16 heavy (non-hydrogen) atoms. The van der Waals surface area contributed by atoms with Gasteiger partial charge in [-0.25, -0.2) is 0 Å². The van der Waals surface area contributed by atoms with Crippen LogP contribution in [0.15, 0.2) is 22.7 Å². The van der Waals surface area contributed by atoms with Gasteiger partial charge in [0, 0.05) is 16.9 Å². The quantitative estimate of drug-likeness (QED) is 0.827. The third kappa shape index (κ3) is 3.37. The van der Waals surface area contributed by atoms with E-state index < -0.39 is 0 Å². The Hall–Kier alpha value is -0.780. The number of benzene rings is 1. The van der Waals surface area contributed by atoms with Crippen LogP contribution in [0.3, 0.4) is 0 Å². The van der Waals surface area contributed by atoms with Crippen LogP contribution in [0.1, 0.15) is 37.4 Å². The predicted molar refractivity (Wildman–Crippen MR) is 73.4 cm³/mol. The first-order valence-corrected chi connectivity index (χ1v) is 6.38. The van der Waals surface area contributed by atoms with E-state index in [4.69, 9.17) is 0 Å². The van der Waals surface area contributed by atoms with Crippen LogP contribution < -0.4 is 5.32 Å². The Kier molecular flexibility index (Phi) is 5.59. The Morgan fingerprint density at radius 2 is 2.19 bits per heavy atom. The number of halogens is 1. The van der Waals surface area contributed by atoms with Crippen molar-refractivity contribution in [1.29, 1.82) is 0 Å². The summed E-state index contributed by atoms with van der Waals surface area (Å²) < 4.78 is 1.19. The van der Waals surface area contributed by atoms with Gasteiger partial charge in [0.1, 0.15) is 0 Å². The SMILES string of the molecule is CC#CCC(NCC)c1cccc(C)c1Br. The zero-order valence-corrected chi connectivity index (χ0v) is 11.7. The van der Waals surface area contributed by atoms with Gasteiger partial charge < -0.3 is 5.32 Å². The molecular weight excluding hydrogens is 262 g/mol. The molecule has 0 fully saturated rings. The van der Waals surface area contributed by atoms with Gasteiger partial charge in [-0.2, -0.15) is 0 Å². The van der Waals surface area contributed by atoms with Gasteiger partial charge in [-0.1, -0.05) is 41.1 Å². The van der Waals surface area contributed by atoms with Crippen molar-refractivity contribution < 1.29 is 0 Å². The largest absolute Gasteiger partial charge is 0.309 e. The third-order valence-electron chi connectivity index (χ3n) is 2.53. The van der Waals surface area contributed by atoms with Gasteiger partial charge in [0.15, 0.2) is 0 Å². The van der Waals surface area contributed by atoms with Crippen LogP contribution in [0.2, 0.25) is 0 Å². The third-order valence-corrected chi connectivity index (χ3v) is 3.61. The van der Waals surface area contributed by atoms with Crippen molar-refractivity contribution >= 4 is 15.9 Å². The summed E-state index contributed by atoms with van der Waals surface area (Å²) in [5.41, 5.74) is 2.56. The molecule has 1 rings (SSSR count). The van der Waals surface area contributed by atoms with E-state index in [0.29, 0.717) is 6.04 Å². The number of nitrogens with one attached hydrogen (secondary N) is 1. The van der Waals surface area contributed by atoms with Crippen molar-refractivity contribution in [2.24, 2.45) is 0 Å². The molecule has 0 aromatic heterocycles. The number of hydrogen-bond donors (Lipinski definition) is 1. The molecule has 0 spiro atoms. The summed E-state index contributed by atoms with van der Waals surface area (Å²) in [6, 6.07) is 6.68. The topological polar surface area (TPSA) is 12.0 Å². The highest BCUT2D eigenvalue weighted by atomic mass is 79.9. The zero-order valence-electron chi connectivity index (χ0n) is 10.1. The molecule has 1 aromatic carbocycles. The summed E-state index contributed by atoms with van der Waals surface area (Å²) in [6.45, 7) is 7.07. The maximum absolute atomic E-state index is 3.65. The lowest BCUT2D eigenvalue weighted by Crippen LogP contribution is -2.21. The highest BCUT2D eigenvalue weighted by Gasteiger charge is 2.12. The fourth-order valence-corrected chi connectivity index (χ4v) is 2.22. The molecule has 0 aliphatic carbocycles. The minimum absolute atomic E-state index is 0.312. The highest BCUT2D eigenvalue weighted by molar-refractivity contribution is 9.10. The molecule has 1 unspecified atom stereocenters.